The van der Waals surface area contributed by atoms with Gasteiger partial charge < -0.3 is 30.5 Å². The van der Waals surface area contributed by atoms with Gasteiger partial charge in [0, 0.05) is 7.05 Å². The number of hydrogen-bond donors (Lipinski definition) is 5. The van der Waals surface area contributed by atoms with E-state index in [1.165, 1.54) is 0 Å². The van der Waals surface area contributed by atoms with Crippen LogP contribution in [0.25, 0.3) is 0 Å². The summed E-state index contributed by atoms with van der Waals surface area (Å²) >= 11 is 0. The molecule has 0 bridgehead atoms. The smallest absolute Gasteiger partial charge is 0.352 e. The molecule has 9 heteroatoms. The van der Waals surface area contributed by atoms with Crippen LogP contribution in [-0.4, -0.2) is 76.4 Å². The van der Waals surface area contributed by atoms with E-state index in [-0.39, 0.29) is 0 Å². The summed E-state index contributed by atoms with van der Waals surface area (Å²) in [7, 11) is 0.972. The topological polar surface area (TPSA) is 119 Å². The molecule has 7 nitrogen and oxygen atoms in total. The van der Waals surface area contributed by atoms with Crippen LogP contribution in [0.1, 0.15) is 0 Å². The van der Waals surface area contributed by atoms with Crippen LogP contribution in [0.2, 0.25) is 0 Å². The van der Waals surface area contributed by atoms with Crippen molar-refractivity contribution in [3.8, 4) is 0 Å². The molecule has 1 amide bonds. The summed E-state index contributed by atoms with van der Waals surface area (Å²) in [5, 5.41) is 38.7. The van der Waals surface area contributed by atoms with E-state index in [0.717, 1.165) is 7.05 Å². The summed E-state index contributed by atoms with van der Waals surface area (Å²) in [6.45, 7) is -0.842. The second kappa shape index (κ2) is 5.41. The lowest BCUT2D eigenvalue weighted by Gasteiger charge is -2.42. The third-order valence-corrected chi connectivity index (χ3v) is 2.78. The van der Waals surface area contributed by atoms with E-state index >= 15 is 0 Å². The van der Waals surface area contributed by atoms with Crippen LogP contribution in [0.3, 0.4) is 0 Å². The maximum Gasteiger partial charge on any atom is 0.352 e. The summed E-state index contributed by atoms with van der Waals surface area (Å²) in [4.78, 5) is 11.0. The maximum atomic E-state index is 13.6. The first kappa shape index (κ1) is 15.2. The lowest BCUT2D eigenvalue weighted by molar-refractivity contribution is -0.274. The average Bonchev–Trinajstić information content (AvgIpc) is 2.34. The molecule has 0 aliphatic carbocycles. The third-order valence-electron chi connectivity index (χ3n) is 2.78. The summed E-state index contributed by atoms with van der Waals surface area (Å²) in [5.41, 5.74) is 0. The number of nitrogens with one attached hydrogen (secondary N) is 1. The van der Waals surface area contributed by atoms with Crippen molar-refractivity contribution in [3.05, 3.63) is 0 Å². The minimum absolute atomic E-state index is 0.842. The highest BCUT2D eigenvalue weighted by Crippen LogP contribution is 2.32. The fourth-order valence-electron chi connectivity index (χ4n) is 1.70. The Morgan fingerprint density at radius 1 is 1.28 bits per heavy atom. The fraction of sp³-hybridized carbons (Fsp3) is 0.889. The number of carbonyl (C=O) groups is 1. The molecule has 1 saturated heterocycles. The molecule has 0 radical (unpaired) electrons. The highest BCUT2D eigenvalue weighted by Gasteiger charge is 2.57. The largest absolute Gasteiger partial charge is 0.394 e. The van der Waals surface area contributed by atoms with Crippen LogP contribution in [0, 0.1) is 0 Å². The molecule has 106 valence electrons. The summed E-state index contributed by atoms with van der Waals surface area (Å²) < 4.78 is 31.8. The molecule has 5 atom stereocenters. The van der Waals surface area contributed by atoms with Crippen molar-refractivity contribution in [1.82, 2.24) is 5.32 Å². The quantitative estimate of drug-likeness (QED) is 0.378. The SMILES string of the molecule is CNC(=O)C(F)(F)[C@H]1O[C@H](CO)[C@@H](O)[C@H](O)[C@@H]1O. The Morgan fingerprint density at radius 3 is 2.28 bits per heavy atom. The standard InChI is InChI=1S/C9H15F2NO6/c1-12-8(17)9(10,11)7-6(16)5(15)4(14)3(2-13)18-7/h3-7,13-16H,2H2,1H3,(H,12,17)/t3-,4-,5+,6+,7+/m1/s1. The number of aliphatic hydroxyl groups is 4. The second-order valence-corrected chi connectivity index (χ2v) is 3.95. The molecule has 1 aliphatic heterocycles. The molecule has 18 heavy (non-hydrogen) atoms. The van der Waals surface area contributed by atoms with E-state index in [0.29, 0.717) is 0 Å². The first-order valence-electron chi connectivity index (χ1n) is 5.17. The monoisotopic (exact) mass is 271 g/mol. The fourth-order valence-corrected chi connectivity index (χ4v) is 1.70. The van der Waals surface area contributed by atoms with Crippen LogP contribution in [0.15, 0.2) is 0 Å². The van der Waals surface area contributed by atoms with Crippen LogP contribution >= 0.6 is 0 Å². The van der Waals surface area contributed by atoms with Gasteiger partial charge in [-0.05, 0) is 0 Å². The van der Waals surface area contributed by atoms with Crippen LogP contribution in [-0.2, 0) is 9.53 Å². The second-order valence-electron chi connectivity index (χ2n) is 3.95. The van der Waals surface area contributed by atoms with E-state index in [1.807, 2.05) is 0 Å². The van der Waals surface area contributed by atoms with Crippen LogP contribution < -0.4 is 5.32 Å². The molecule has 0 spiro atoms. The number of carbonyl (C=O) groups excluding carboxylic acids is 1. The lowest BCUT2D eigenvalue weighted by atomic mass is 9.91. The molecule has 1 aliphatic rings. The van der Waals surface area contributed by atoms with Gasteiger partial charge in [-0.25, -0.2) is 0 Å². The molecule has 0 aromatic carbocycles. The van der Waals surface area contributed by atoms with Gasteiger partial charge in [-0.3, -0.25) is 4.79 Å². The van der Waals surface area contributed by atoms with Gasteiger partial charge in [0.05, 0.1) is 6.61 Å². The predicted octanol–water partition coefficient (Wildman–Crippen LogP) is -2.79. The minimum Gasteiger partial charge on any atom is -0.394 e. The van der Waals surface area contributed by atoms with E-state index < -0.39 is 49.0 Å². The molecular formula is C9H15F2NO6. The van der Waals surface area contributed by atoms with Gasteiger partial charge in [0.2, 0.25) is 0 Å². The normalized spacial score (nSPS) is 37.4. The number of ether oxygens (including phenoxy) is 1. The van der Waals surface area contributed by atoms with Gasteiger partial charge in [0.15, 0.2) is 6.10 Å². The van der Waals surface area contributed by atoms with Crippen molar-refractivity contribution in [3.63, 3.8) is 0 Å². The number of aliphatic hydroxyl groups excluding tert-OH is 4. The number of amides is 1. The Morgan fingerprint density at radius 2 is 1.83 bits per heavy atom. The Bertz CT molecular complexity index is 313. The van der Waals surface area contributed by atoms with Gasteiger partial charge >= 0.3 is 5.92 Å². The molecule has 0 unspecified atom stereocenters. The zero-order valence-electron chi connectivity index (χ0n) is 9.46. The molecule has 0 aromatic heterocycles. The molecule has 0 saturated carbocycles. The van der Waals surface area contributed by atoms with Gasteiger partial charge in [0.25, 0.3) is 5.91 Å². The van der Waals surface area contributed by atoms with E-state index in [1.54, 1.807) is 5.32 Å². The van der Waals surface area contributed by atoms with E-state index in [9.17, 15) is 28.9 Å². The van der Waals surface area contributed by atoms with Gasteiger partial charge in [0.1, 0.15) is 24.4 Å². The molecule has 1 heterocycles. The van der Waals surface area contributed by atoms with Crippen LogP contribution in [0.4, 0.5) is 8.78 Å². The summed E-state index contributed by atoms with van der Waals surface area (Å²) in [5.74, 6) is -5.81. The Balaban J connectivity index is 2.97. The maximum absolute atomic E-state index is 13.6. The number of halogens is 2. The molecule has 1 fully saturated rings. The Kier molecular flexibility index (Phi) is 4.56. The van der Waals surface area contributed by atoms with Gasteiger partial charge in [-0.2, -0.15) is 8.78 Å². The van der Waals surface area contributed by atoms with Crippen molar-refractivity contribution in [2.75, 3.05) is 13.7 Å². The van der Waals surface area contributed by atoms with Gasteiger partial charge in [-0.15, -0.1) is 0 Å². The van der Waals surface area contributed by atoms with Crippen molar-refractivity contribution in [1.29, 1.82) is 0 Å². The third kappa shape index (κ3) is 2.45. The van der Waals surface area contributed by atoms with Crippen LogP contribution in [0.5, 0.6) is 0 Å². The number of alkyl halides is 2. The number of hydrogen-bond acceptors (Lipinski definition) is 6. The van der Waals surface area contributed by atoms with Crippen molar-refractivity contribution < 1.29 is 38.7 Å². The zero-order chi connectivity index (χ0) is 14.1. The number of rotatable bonds is 3. The first-order chi connectivity index (χ1) is 8.27. The molecule has 5 N–H and O–H groups in total. The first-order valence-corrected chi connectivity index (χ1v) is 5.17. The van der Waals surface area contributed by atoms with Crippen molar-refractivity contribution in [2.24, 2.45) is 0 Å². The van der Waals surface area contributed by atoms with Gasteiger partial charge in [-0.1, -0.05) is 0 Å². The van der Waals surface area contributed by atoms with E-state index in [4.69, 9.17) is 5.11 Å². The highest BCUT2D eigenvalue weighted by atomic mass is 19.3. The molecule has 1 rings (SSSR count). The van der Waals surface area contributed by atoms with Crippen molar-refractivity contribution in [2.45, 2.75) is 36.4 Å². The minimum atomic E-state index is -4.11. The highest BCUT2D eigenvalue weighted by molar-refractivity contribution is 5.83. The Labute approximate surface area is 101 Å². The lowest BCUT2D eigenvalue weighted by Crippen LogP contribution is -2.65. The average molecular weight is 271 g/mol. The van der Waals surface area contributed by atoms with Crippen molar-refractivity contribution >= 4 is 5.91 Å². The molecule has 0 aromatic rings. The summed E-state index contributed by atoms with van der Waals surface area (Å²) in [6.07, 6.45) is -9.69. The zero-order valence-corrected chi connectivity index (χ0v) is 9.46. The Hall–Kier alpha value is -0.870. The molecular weight excluding hydrogens is 256 g/mol. The van der Waals surface area contributed by atoms with E-state index in [2.05, 4.69) is 4.74 Å². The predicted molar refractivity (Wildman–Crippen MR) is 52.8 cm³/mol. The summed E-state index contributed by atoms with van der Waals surface area (Å²) in [6, 6.07) is 0.